The van der Waals surface area contributed by atoms with Gasteiger partial charge in [0.1, 0.15) is 16.3 Å². The Labute approximate surface area is 190 Å². The van der Waals surface area contributed by atoms with Crippen molar-refractivity contribution in [1.29, 1.82) is 0 Å². The van der Waals surface area contributed by atoms with Crippen LogP contribution in [-0.4, -0.2) is 29.4 Å². The van der Waals surface area contributed by atoms with E-state index in [9.17, 15) is 38.8 Å². The minimum atomic E-state index is -4.37. The molecule has 0 saturated carbocycles. The number of hydrazone groups is 1. The number of nitrogens with one attached hydrogen (secondary N) is 1. The summed E-state index contributed by atoms with van der Waals surface area (Å²) in [6.07, 6.45) is 1.21. The summed E-state index contributed by atoms with van der Waals surface area (Å²) in [6.45, 7) is 0. The summed E-state index contributed by atoms with van der Waals surface area (Å²) in [5.74, 6) is -0.114. The van der Waals surface area contributed by atoms with Gasteiger partial charge in [0.15, 0.2) is 0 Å². The molecular formula is C19H13N5O9S. The number of anilines is 1. The van der Waals surface area contributed by atoms with Gasteiger partial charge in [-0.2, -0.15) is 13.5 Å². The van der Waals surface area contributed by atoms with Crippen LogP contribution in [0.2, 0.25) is 0 Å². The summed E-state index contributed by atoms with van der Waals surface area (Å²) >= 11 is 0. The Morgan fingerprint density at radius 3 is 2.18 bits per heavy atom. The Hall–Kier alpha value is -4.92. The smallest absolute Gasteiger partial charge is 0.339 e. The molecule has 0 heterocycles. The Morgan fingerprint density at radius 2 is 1.50 bits per heavy atom. The van der Waals surface area contributed by atoms with Gasteiger partial charge in [-0.05, 0) is 29.8 Å². The molecule has 3 rings (SSSR count). The van der Waals surface area contributed by atoms with E-state index in [2.05, 4.69) is 10.5 Å². The van der Waals surface area contributed by atoms with Crippen molar-refractivity contribution in [3.05, 3.63) is 103 Å². The molecule has 0 spiro atoms. The van der Waals surface area contributed by atoms with Gasteiger partial charge in [-0.1, -0.05) is 18.2 Å². The topological polar surface area (TPSA) is 197 Å². The third-order valence-electron chi connectivity index (χ3n) is 4.17. The van der Waals surface area contributed by atoms with Crippen LogP contribution in [0.4, 0.5) is 22.7 Å². The van der Waals surface area contributed by atoms with Crippen LogP contribution in [0.3, 0.4) is 0 Å². The van der Waals surface area contributed by atoms with E-state index in [0.29, 0.717) is 5.56 Å². The van der Waals surface area contributed by atoms with Crippen LogP contribution in [0.15, 0.2) is 76.7 Å². The molecule has 0 aliphatic heterocycles. The molecule has 0 fully saturated rings. The van der Waals surface area contributed by atoms with Gasteiger partial charge in [0.25, 0.3) is 11.4 Å². The highest BCUT2D eigenvalue weighted by Gasteiger charge is 2.21. The maximum absolute atomic E-state index is 12.5. The highest BCUT2D eigenvalue weighted by molar-refractivity contribution is 7.87. The summed E-state index contributed by atoms with van der Waals surface area (Å²) in [5, 5.41) is 36.7. The average Bonchev–Trinajstić information content (AvgIpc) is 2.79. The van der Waals surface area contributed by atoms with Gasteiger partial charge >= 0.3 is 15.8 Å². The molecule has 34 heavy (non-hydrogen) atoms. The zero-order valence-electron chi connectivity index (χ0n) is 16.8. The first kappa shape index (κ1) is 23.7. The molecule has 0 atom stereocenters. The maximum Gasteiger partial charge on any atom is 0.339 e. The SMILES string of the molecule is O=[N+]([O-])c1cccc(S(=O)(=O)Oc2cccc(/C=N\Nc3ccc([N+](=O)[O-])cc3[N+](=O)[O-])c2)c1. The van der Waals surface area contributed by atoms with Crippen molar-refractivity contribution < 1.29 is 27.4 Å². The standard InChI is InChI=1S/C19H13N5O9S/c25-22(26)14-4-2-6-17(10-14)34(31,32)33-16-5-1-3-13(9-16)12-20-21-18-8-7-15(23(27)28)11-19(18)24(29)30/h1-12,21H/b20-12-. The minimum Gasteiger partial charge on any atom is -0.379 e. The van der Waals surface area contributed by atoms with Crippen LogP contribution < -0.4 is 9.61 Å². The normalized spacial score (nSPS) is 11.2. The van der Waals surface area contributed by atoms with Crippen molar-refractivity contribution in [3.8, 4) is 5.75 Å². The van der Waals surface area contributed by atoms with Crippen molar-refractivity contribution in [2.45, 2.75) is 4.90 Å². The Bertz CT molecular complexity index is 1420. The fraction of sp³-hybridized carbons (Fsp3) is 0. The molecular weight excluding hydrogens is 474 g/mol. The predicted molar refractivity (Wildman–Crippen MR) is 118 cm³/mol. The Kier molecular flexibility index (Phi) is 6.77. The van der Waals surface area contributed by atoms with E-state index in [1.165, 1.54) is 36.5 Å². The molecule has 3 aromatic rings. The lowest BCUT2D eigenvalue weighted by Gasteiger charge is -2.07. The van der Waals surface area contributed by atoms with E-state index in [0.717, 1.165) is 36.4 Å². The fourth-order valence-electron chi connectivity index (χ4n) is 2.63. The lowest BCUT2D eigenvalue weighted by atomic mass is 10.2. The second-order valence-corrected chi connectivity index (χ2v) is 8.00. The zero-order chi connectivity index (χ0) is 24.9. The fourth-order valence-corrected chi connectivity index (χ4v) is 3.59. The predicted octanol–water partition coefficient (Wildman–Crippen LogP) is 3.62. The highest BCUT2D eigenvalue weighted by atomic mass is 32.2. The first-order chi connectivity index (χ1) is 16.1. The van der Waals surface area contributed by atoms with Crippen LogP contribution >= 0.6 is 0 Å². The van der Waals surface area contributed by atoms with Crippen molar-refractivity contribution >= 4 is 39.1 Å². The molecule has 3 aromatic carbocycles. The second-order valence-electron chi connectivity index (χ2n) is 6.45. The number of nitro groups is 3. The van der Waals surface area contributed by atoms with Gasteiger partial charge in [-0.3, -0.25) is 35.8 Å². The largest absolute Gasteiger partial charge is 0.379 e. The number of nitro benzene ring substituents is 3. The minimum absolute atomic E-state index is 0.104. The Balaban J connectivity index is 1.78. The lowest BCUT2D eigenvalue weighted by Crippen LogP contribution is -2.10. The van der Waals surface area contributed by atoms with E-state index < -0.39 is 46.8 Å². The monoisotopic (exact) mass is 487 g/mol. The van der Waals surface area contributed by atoms with Crippen LogP contribution in [0.1, 0.15) is 5.56 Å². The highest BCUT2D eigenvalue weighted by Crippen LogP contribution is 2.29. The zero-order valence-corrected chi connectivity index (χ0v) is 17.6. The van der Waals surface area contributed by atoms with Crippen LogP contribution in [0.25, 0.3) is 0 Å². The van der Waals surface area contributed by atoms with E-state index >= 15 is 0 Å². The molecule has 0 bridgehead atoms. The summed E-state index contributed by atoms with van der Waals surface area (Å²) in [4.78, 5) is 30.1. The van der Waals surface area contributed by atoms with E-state index in [1.54, 1.807) is 0 Å². The van der Waals surface area contributed by atoms with E-state index in [4.69, 9.17) is 4.18 Å². The van der Waals surface area contributed by atoms with Crippen molar-refractivity contribution in [2.24, 2.45) is 5.10 Å². The summed E-state index contributed by atoms with van der Waals surface area (Å²) < 4.78 is 30.0. The van der Waals surface area contributed by atoms with Crippen molar-refractivity contribution in [1.82, 2.24) is 0 Å². The first-order valence-corrected chi connectivity index (χ1v) is 10.5. The molecule has 14 nitrogen and oxygen atoms in total. The van der Waals surface area contributed by atoms with Gasteiger partial charge in [-0.15, -0.1) is 0 Å². The number of nitrogens with zero attached hydrogens (tertiary/aromatic N) is 4. The van der Waals surface area contributed by atoms with Gasteiger partial charge in [0.2, 0.25) is 0 Å². The van der Waals surface area contributed by atoms with Crippen molar-refractivity contribution in [2.75, 3.05) is 5.43 Å². The van der Waals surface area contributed by atoms with Crippen LogP contribution in [0, 0.1) is 30.3 Å². The average molecular weight is 487 g/mol. The molecule has 0 aliphatic rings. The van der Waals surface area contributed by atoms with Gasteiger partial charge in [0.05, 0.1) is 27.1 Å². The molecule has 0 radical (unpaired) electrons. The third-order valence-corrected chi connectivity index (χ3v) is 5.41. The summed E-state index contributed by atoms with van der Waals surface area (Å²) in [7, 11) is -4.37. The van der Waals surface area contributed by atoms with Crippen LogP contribution in [0.5, 0.6) is 5.75 Å². The summed E-state index contributed by atoms with van der Waals surface area (Å²) in [5.41, 5.74) is 1.19. The molecule has 174 valence electrons. The number of hydrogen-bond donors (Lipinski definition) is 1. The van der Waals surface area contributed by atoms with Crippen LogP contribution in [-0.2, 0) is 10.1 Å². The van der Waals surface area contributed by atoms with Crippen molar-refractivity contribution in [3.63, 3.8) is 0 Å². The molecule has 0 unspecified atom stereocenters. The maximum atomic E-state index is 12.5. The van der Waals surface area contributed by atoms with E-state index in [-0.39, 0.29) is 11.4 Å². The number of hydrogen-bond acceptors (Lipinski definition) is 11. The number of benzene rings is 3. The number of non-ortho nitro benzene ring substituents is 2. The van der Waals surface area contributed by atoms with Gasteiger partial charge in [0, 0.05) is 18.2 Å². The molecule has 0 aliphatic carbocycles. The molecule has 1 N–H and O–H groups in total. The number of rotatable bonds is 9. The first-order valence-electron chi connectivity index (χ1n) is 9.08. The quantitative estimate of drug-likeness (QED) is 0.201. The molecule has 0 amide bonds. The summed E-state index contributed by atoms with van der Waals surface area (Å²) in [6, 6.07) is 12.9. The molecule has 0 aromatic heterocycles. The Morgan fingerprint density at radius 1 is 0.824 bits per heavy atom. The molecule has 0 saturated heterocycles. The lowest BCUT2D eigenvalue weighted by molar-refractivity contribution is -0.393. The van der Waals surface area contributed by atoms with Gasteiger partial charge in [-0.25, -0.2) is 0 Å². The molecule has 15 heteroatoms. The van der Waals surface area contributed by atoms with E-state index in [1.807, 2.05) is 0 Å². The third kappa shape index (κ3) is 5.65. The second kappa shape index (κ2) is 9.70. The van der Waals surface area contributed by atoms with Gasteiger partial charge < -0.3 is 4.18 Å².